The minimum atomic E-state index is -0.300. The van der Waals surface area contributed by atoms with E-state index < -0.39 is 0 Å². The fourth-order valence-electron chi connectivity index (χ4n) is 5.48. The first kappa shape index (κ1) is 25.5. The van der Waals surface area contributed by atoms with Crippen LogP contribution in [0.25, 0.3) is 16.3 Å². The Morgan fingerprint density at radius 2 is 1.54 bits per heavy atom. The highest BCUT2D eigenvalue weighted by atomic mass is 32.2. The van der Waals surface area contributed by atoms with Gasteiger partial charge in [-0.2, -0.15) is 4.57 Å². The molecule has 2 aliphatic heterocycles. The number of carbonyl (C=O) groups excluding carboxylic acids is 3. The molecule has 0 atom stereocenters. The fraction of sp³-hybridized carbons (Fsp3) is 0.125. The summed E-state index contributed by atoms with van der Waals surface area (Å²) in [5, 5.41) is 12.6. The molecular weight excluding hydrogens is 555 g/mol. The number of rotatable bonds is 6. The van der Waals surface area contributed by atoms with Crippen LogP contribution in [0.3, 0.4) is 0 Å². The van der Waals surface area contributed by atoms with E-state index in [9.17, 15) is 19.5 Å². The van der Waals surface area contributed by atoms with Gasteiger partial charge in [0.25, 0.3) is 16.8 Å². The van der Waals surface area contributed by atoms with Gasteiger partial charge < -0.3 is 10.0 Å². The molecule has 9 heteroatoms. The first-order valence-electron chi connectivity index (χ1n) is 13.3. The lowest BCUT2D eigenvalue weighted by atomic mass is 9.88. The van der Waals surface area contributed by atoms with E-state index in [1.165, 1.54) is 16.2 Å². The molecule has 0 bridgehead atoms. The number of fused-ring (bicyclic) bond motifs is 3. The van der Waals surface area contributed by atoms with Crippen LogP contribution >= 0.6 is 23.1 Å². The number of thioether (sulfide) groups is 1. The molecule has 202 valence electrons. The number of amides is 2. The first-order valence-corrected chi connectivity index (χ1v) is 14.9. The van der Waals surface area contributed by atoms with Crippen molar-refractivity contribution in [2.45, 2.75) is 18.4 Å². The number of hydrogen-bond acceptors (Lipinski definition) is 7. The zero-order valence-electron chi connectivity index (χ0n) is 22.0. The Morgan fingerprint density at radius 1 is 0.854 bits per heavy atom. The smallest absolute Gasteiger partial charge is 0.263 e. The number of hydrogen-bond donors (Lipinski definition) is 1. The molecule has 3 aliphatic rings. The average molecular weight is 579 g/mol. The Labute approximate surface area is 244 Å². The number of para-hydroxylation sites is 2. The number of anilines is 1. The molecule has 4 aromatic rings. The minimum absolute atomic E-state index is 0.0283. The Hall–Kier alpha value is -4.47. The summed E-state index contributed by atoms with van der Waals surface area (Å²) >= 11 is 3.08. The summed E-state index contributed by atoms with van der Waals surface area (Å²) in [7, 11) is 0. The van der Waals surface area contributed by atoms with Gasteiger partial charge in [-0.05, 0) is 43.3 Å². The molecule has 0 fully saturated rings. The Morgan fingerprint density at radius 3 is 2.27 bits per heavy atom. The first-order chi connectivity index (χ1) is 20.0. The van der Waals surface area contributed by atoms with E-state index in [2.05, 4.69) is 17.9 Å². The SMILES string of the molecule is CCN1/C(=C/C2=C(O)C(=C\c3sc4ccccc4[n+]3CCN3C(=O)c4ccccc4C3=O)/C2=O)Sc2ccccc21. The van der Waals surface area contributed by atoms with E-state index in [1.54, 1.807) is 48.2 Å². The largest absolute Gasteiger partial charge is 0.506 e. The number of thiazole rings is 1. The van der Waals surface area contributed by atoms with E-state index in [-0.39, 0.29) is 35.5 Å². The van der Waals surface area contributed by atoms with Gasteiger partial charge in [0.1, 0.15) is 10.5 Å². The van der Waals surface area contributed by atoms with E-state index in [4.69, 9.17) is 0 Å². The van der Waals surface area contributed by atoms with Gasteiger partial charge in [-0.1, -0.05) is 59.5 Å². The zero-order chi connectivity index (χ0) is 28.2. The number of Topliss-reactive ketones (excluding diaryl/α,β-unsaturated/α-hetero) is 1. The fourth-order valence-corrected chi connectivity index (χ4v) is 7.78. The molecule has 3 heterocycles. The topological polar surface area (TPSA) is 81.8 Å². The second kappa shape index (κ2) is 9.87. The van der Waals surface area contributed by atoms with Gasteiger partial charge in [-0.25, -0.2) is 0 Å². The van der Waals surface area contributed by atoms with Gasteiger partial charge in [-0.3, -0.25) is 19.3 Å². The number of carbonyl (C=O) groups is 3. The summed E-state index contributed by atoms with van der Waals surface area (Å²) in [4.78, 5) is 43.6. The van der Waals surface area contributed by atoms with Crippen LogP contribution < -0.4 is 9.47 Å². The number of aliphatic hydroxyl groups is 1. The van der Waals surface area contributed by atoms with E-state index in [0.29, 0.717) is 23.2 Å². The number of nitrogens with zero attached hydrogens (tertiary/aromatic N) is 3. The third-order valence-electron chi connectivity index (χ3n) is 7.55. The van der Waals surface area contributed by atoms with Crippen LogP contribution in [0, 0.1) is 0 Å². The second-order valence-electron chi connectivity index (χ2n) is 9.81. The Kier molecular flexibility index (Phi) is 6.13. The van der Waals surface area contributed by atoms with Gasteiger partial charge in [0.2, 0.25) is 11.3 Å². The molecule has 3 aromatic carbocycles. The van der Waals surface area contributed by atoms with Crippen molar-refractivity contribution >= 4 is 62.7 Å². The number of imide groups is 1. The quantitative estimate of drug-likeness (QED) is 0.179. The predicted octanol–water partition coefficient (Wildman–Crippen LogP) is 5.74. The monoisotopic (exact) mass is 578 g/mol. The van der Waals surface area contributed by atoms with Crippen LogP contribution in [0.5, 0.6) is 0 Å². The lowest BCUT2D eigenvalue weighted by molar-refractivity contribution is -0.667. The second-order valence-corrected chi connectivity index (χ2v) is 11.9. The Balaban J connectivity index is 1.19. The van der Waals surface area contributed by atoms with Crippen molar-refractivity contribution in [2.75, 3.05) is 18.0 Å². The molecule has 0 unspecified atom stereocenters. The van der Waals surface area contributed by atoms with Crippen molar-refractivity contribution < 1.29 is 24.1 Å². The molecule has 0 saturated heterocycles. The Bertz CT molecular complexity index is 1870. The third kappa shape index (κ3) is 4.03. The maximum atomic E-state index is 13.3. The van der Waals surface area contributed by atoms with Crippen molar-refractivity contribution in [3.8, 4) is 0 Å². The molecule has 1 aromatic heterocycles. The number of aliphatic hydroxyl groups excluding tert-OH is 1. The van der Waals surface area contributed by atoms with Gasteiger partial charge in [0, 0.05) is 23.6 Å². The number of benzene rings is 3. The number of aromatic nitrogens is 1. The molecule has 7 nitrogen and oxygen atoms in total. The minimum Gasteiger partial charge on any atom is -0.506 e. The molecule has 2 amide bonds. The molecule has 1 aliphatic carbocycles. The van der Waals surface area contributed by atoms with E-state index in [1.807, 2.05) is 47.0 Å². The lowest BCUT2D eigenvalue weighted by Crippen LogP contribution is -2.43. The van der Waals surface area contributed by atoms with Crippen LogP contribution in [-0.4, -0.2) is 40.7 Å². The molecule has 7 rings (SSSR count). The molecule has 1 N–H and O–H groups in total. The summed E-state index contributed by atoms with van der Waals surface area (Å²) in [5.74, 6) is -0.844. The molecule has 0 saturated carbocycles. The van der Waals surface area contributed by atoms with Gasteiger partial charge in [0.05, 0.1) is 39.5 Å². The molecule has 0 spiro atoms. The van der Waals surface area contributed by atoms with Crippen molar-refractivity contribution in [3.63, 3.8) is 0 Å². The van der Waals surface area contributed by atoms with Crippen molar-refractivity contribution in [1.82, 2.24) is 4.90 Å². The summed E-state index contributed by atoms with van der Waals surface area (Å²) < 4.78 is 2.99. The highest BCUT2D eigenvalue weighted by molar-refractivity contribution is 8.03. The standard InChI is InChI=1S/C32H23N3O4S2/c1-2-33-23-11-5-7-13-25(23)40-27(33)17-21-29(36)22(30(21)37)18-28-34(24-12-6-8-14-26(24)41-28)15-16-35-31(38)19-9-3-4-10-20(19)32(35)39/h3-14,17-18H,2,15-16H2,1H3/p+1. The summed E-state index contributed by atoms with van der Waals surface area (Å²) in [5.41, 5.74) is 3.41. The maximum Gasteiger partial charge on any atom is 0.263 e. The molecule has 0 radical (unpaired) electrons. The predicted molar refractivity (Wildman–Crippen MR) is 160 cm³/mol. The molecular formula is C32H24N3O4S2+. The number of ketones is 1. The van der Waals surface area contributed by atoms with Gasteiger partial charge in [-0.15, -0.1) is 0 Å². The van der Waals surface area contributed by atoms with Crippen LogP contribution in [0.1, 0.15) is 32.6 Å². The third-order valence-corrected chi connectivity index (χ3v) is 9.77. The van der Waals surface area contributed by atoms with Crippen molar-refractivity contribution in [3.05, 3.63) is 117 Å². The van der Waals surface area contributed by atoms with E-state index >= 15 is 0 Å². The van der Waals surface area contributed by atoms with Gasteiger partial charge >= 0.3 is 0 Å². The normalized spacial score (nSPS) is 18.2. The van der Waals surface area contributed by atoms with Crippen LogP contribution in [-0.2, 0) is 11.3 Å². The van der Waals surface area contributed by atoms with Crippen molar-refractivity contribution in [1.29, 1.82) is 0 Å². The highest BCUT2D eigenvalue weighted by Gasteiger charge is 2.38. The average Bonchev–Trinajstić information content (AvgIpc) is 3.62. The van der Waals surface area contributed by atoms with Crippen molar-refractivity contribution in [2.24, 2.45) is 0 Å². The summed E-state index contributed by atoms with van der Waals surface area (Å²) in [6.45, 7) is 3.34. The van der Waals surface area contributed by atoms with Gasteiger partial charge in [0.15, 0.2) is 6.54 Å². The summed E-state index contributed by atoms with van der Waals surface area (Å²) in [6.07, 6.45) is 3.48. The van der Waals surface area contributed by atoms with E-state index in [0.717, 1.165) is 37.4 Å². The molecule has 41 heavy (non-hydrogen) atoms. The highest BCUT2D eigenvalue weighted by Crippen LogP contribution is 2.47. The summed E-state index contributed by atoms with van der Waals surface area (Å²) in [6, 6.07) is 22.8. The zero-order valence-corrected chi connectivity index (χ0v) is 23.7. The number of allylic oxidation sites excluding steroid dienone is 3. The van der Waals surface area contributed by atoms with Crippen LogP contribution in [0.15, 0.2) is 106 Å². The maximum absolute atomic E-state index is 13.3. The van der Waals surface area contributed by atoms with Crippen LogP contribution in [0.2, 0.25) is 0 Å². The van der Waals surface area contributed by atoms with Crippen LogP contribution in [0.4, 0.5) is 5.69 Å². The lowest BCUT2D eigenvalue weighted by Gasteiger charge is -2.22.